The summed E-state index contributed by atoms with van der Waals surface area (Å²) in [5, 5.41) is 3.30. The molecule has 0 fully saturated rings. The number of sulfonamides is 1. The van der Waals surface area contributed by atoms with E-state index >= 15 is 0 Å². The zero-order chi connectivity index (χ0) is 20.3. The van der Waals surface area contributed by atoms with E-state index in [1.807, 2.05) is 6.92 Å². The Kier molecular flexibility index (Phi) is 5.93. The maximum absolute atomic E-state index is 12.5. The summed E-state index contributed by atoms with van der Waals surface area (Å²) in [6.07, 6.45) is 0. The van der Waals surface area contributed by atoms with Crippen molar-refractivity contribution in [1.29, 1.82) is 0 Å². The molecule has 3 rings (SSSR count). The van der Waals surface area contributed by atoms with Gasteiger partial charge in [0.15, 0.2) is 0 Å². The molecule has 28 heavy (non-hydrogen) atoms. The molecule has 0 aromatic heterocycles. The summed E-state index contributed by atoms with van der Waals surface area (Å²) >= 11 is 12.1. The van der Waals surface area contributed by atoms with Crippen molar-refractivity contribution in [3.63, 3.8) is 0 Å². The smallest absolute Gasteiger partial charge is 0.261 e. The van der Waals surface area contributed by atoms with Crippen LogP contribution in [0.3, 0.4) is 0 Å². The lowest BCUT2D eigenvalue weighted by molar-refractivity contribution is 0.102. The van der Waals surface area contributed by atoms with Crippen molar-refractivity contribution in [2.45, 2.75) is 11.8 Å². The molecule has 0 aliphatic carbocycles. The van der Waals surface area contributed by atoms with Gasteiger partial charge >= 0.3 is 0 Å². The summed E-state index contributed by atoms with van der Waals surface area (Å²) in [6.45, 7) is 1.87. The van der Waals surface area contributed by atoms with Crippen molar-refractivity contribution in [3.05, 3.63) is 87.9 Å². The first-order valence-electron chi connectivity index (χ1n) is 8.20. The van der Waals surface area contributed by atoms with E-state index < -0.39 is 15.9 Å². The van der Waals surface area contributed by atoms with Gasteiger partial charge in [-0.2, -0.15) is 0 Å². The van der Waals surface area contributed by atoms with Crippen LogP contribution in [-0.4, -0.2) is 14.3 Å². The number of hydrogen-bond acceptors (Lipinski definition) is 3. The zero-order valence-corrected chi connectivity index (χ0v) is 17.1. The zero-order valence-electron chi connectivity index (χ0n) is 14.7. The van der Waals surface area contributed by atoms with E-state index in [9.17, 15) is 13.2 Å². The van der Waals surface area contributed by atoms with Crippen molar-refractivity contribution in [2.75, 3.05) is 10.0 Å². The molecule has 8 heteroatoms. The second-order valence-electron chi connectivity index (χ2n) is 6.08. The predicted octanol–water partition coefficient (Wildman–Crippen LogP) is 5.35. The number of anilines is 2. The van der Waals surface area contributed by atoms with Crippen LogP contribution in [0.5, 0.6) is 0 Å². The minimum absolute atomic E-state index is 0.114. The number of benzene rings is 3. The van der Waals surface area contributed by atoms with Crippen molar-refractivity contribution in [3.8, 4) is 0 Å². The number of nitrogens with one attached hydrogen (secondary N) is 2. The molecule has 0 heterocycles. The van der Waals surface area contributed by atoms with Crippen LogP contribution in [0.4, 0.5) is 11.4 Å². The fourth-order valence-electron chi connectivity index (χ4n) is 2.46. The summed E-state index contributed by atoms with van der Waals surface area (Å²) in [7, 11) is -3.76. The molecule has 144 valence electrons. The number of halogens is 2. The lowest BCUT2D eigenvalue weighted by Gasteiger charge is -2.11. The van der Waals surface area contributed by atoms with Gasteiger partial charge in [0.2, 0.25) is 0 Å². The fraction of sp³-hybridized carbons (Fsp3) is 0.0500. The lowest BCUT2D eigenvalue weighted by Crippen LogP contribution is -2.15. The van der Waals surface area contributed by atoms with Gasteiger partial charge < -0.3 is 5.32 Å². The van der Waals surface area contributed by atoms with E-state index in [0.717, 1.165) is 5.56 Å². The van der Waals surface area contributed by atoms with Crippen LogP contribution < -0.4 is 10.0 Å². The Balaban J connectivity index is 1.78. The van der Waals surface area contributed by atoms with E-state index in [-0.39, 0.29) is 21.2 Å². The highest BCUT2D eigenvalue weighted by Gasteiger charge is 2.16. The van der Waals surface area contributed by atoms with Crippen LogP contribution in [0.1, 0.15) is 15.9 Å². The fourth-order valence-corrected chi connectivity index (χ4v) is 3.97. The van der Waals surface area contributed by atoms with Gasteiger partial charge in [-0.15, -0.1) is 0 Å². The van der Waals surface area contributed by atoms with E-state index in [0.29, 0.717) is 10.7 Å². The van der Waals surface area contributed by atoms with Gasteiger partial charge in [-0.3, -0.25) is 9.52 Å². The first kappa shape index (κ1) is 20.2. The Bertz CT molecular complexity index is 1130. The first-order valence-corrected chi connectivity index (χ1v) is 10.4. The Morgan fingerprint density at radius 1 is 0.893 bits per heavy atom. The van der Waals surface area contributed by atoms with Crippen LogP contribution in [0.2, 0.25) is 10.0 Å². The minimum atomic E-state index is -3.76. The van der Waals surface area contributed by atoms with Gasteiger partial charge in [0.25, 0.3) is 15.9 Å². The highest BCUT2D eigenvalue weighted by atomic mass is 35.5. The molecule has 0 radical (unpaired) electrons. The van der Waals surface area contributed by atoms with E-state index in [1.165, 1.54) is 30.3 Å². The predicted molar refractivity (Wildman–Crippen MR) is 113 cm³/mol. The van der Waals surface area contributed by atoms with Crippen LogP contribution >= 0.6 is 23.2 Å². The molecule has 0 spiro atoms. The third-order valence-electron chi connectivity index (χ3n) is 3.88. The molecule has 0 aliphatic rings. The molecule has 5 nitrogen and oxygen atoms in total. The largest absolute Gasteiger partial charge is 0.322 e. The molecular weight excluding hydrogens is 419 g/mol. The average Bonchev–Trinajstić information content (AvgIpc) is 2.61. The molecular formula is C20H16Cl2N2O3S. The van der Waals surface area contributed by atoms with Crippen molar-refractivity contribution >= 4 is 50.5 Å². The number of carbonyl (C=O) groups is 1. The van der Waals surface area contributed by atoms with E-state index in [1.54, 1.807) is 36.4 Å². The SMILES string of the molecule is Cc1ccc(S(=O)(=O)Nc2ccc(C(=O)Nc3cccc(Cl)c3)c(Cl)c2)cc1. The van der Waals surface area contributed by atoms with Gasteiger partial charge in [-0.25, -0.2) is 8.42 Å². The standard InChI is InChI=1S/C20H16Cl2N2O3S/c1-13-5-8-17(9-6-13)28(26,27)24-16-7-10-18(19(22)12-16)20(25)23-15-4-2-3-14(21)11-15/h2-12,24H,1H3,(H,23,25). The Hall–Kier alpha value is -2.54. The summed E-state index contributed by atoms with van der Waals surface area (Å²) < 4.78 is 27.4. The number of amides is 1. The molecule has 0 unspecified atom stereocenters. The summed E-state index contributed by atoms with van der Waals surface area (Å²) in [5.74, 6) is -0.430. The van der Waals surface area contributed by atoms with Crippen molar-refractivity contribution < 1.29 is 13.2 Å². The van der Waals surface area contributed by atoms with Crippen LogP contribution in [0.25, 0.3) is 0 Å². The van der Waals surface area contributed by atoms with Gasteiger partial charge in [-0.1, -0.05) is 47.0 Å². The first-order chi connectivity index (χ1) is 13.2. The minimum Gasteiger partial charge on any atom is -0.322 e. The number of rotatable bonds is 5. The van der Waals surface area contributed by atoms with Gasteiger partial charge in [0.05, 0.1) is 21.2 Å². The van der Waals surface area contributed by atoms with E-state index in [4.69, 9.17) is 23.2 Å². The average molecular weight is 435 g/mol. The van der Waals surface area contributed by atoms with Gasteiger partial charge in [0, 0.05) is 10.7 Å². The Labute approximate surface area is 173 Å². The summed E-state index contributed by atoms with van der Waals surface area (Å²) in [6, 6.07) is 17.5. The maximum Gasteiger partial charge on any atom is 0.261 e. The lowest BCUT2D eigenvalue weighted by atomic mass is 10.2. The highest BCUT2D eigenvalue weighted by molar-refractivity contribution is 7.92. The second kappa shape index (κ2) is 8.22. The third kappa shape index (κ3) is 4.84. The molecule has 0 atom stereocenters. The maximum atomic E-state index is 12.5. The van der Waals surface area contributed by atoms with Crippen molar-refractivity contribution in [1.82, 2.24) is 0 Å². The summed E-state index contributed by atoms with van der Waals surface area (Å²) in [5.41, 5.74) is 1.94. The van der Waals surface area contributed by atoms with Crippen LogP contribution in [-0.2, 0) is 10.0 Å². The Morgan fingerprint density at radius 3 is 2.25 bits per heavy atom. The molecule has 0 saturated heterocycles. The van der Waals surface area contributed by atoms with Gasteiger partial charge in [-0.05, 0) is 55.5 Å². The normalized spacial score (nSPS) is 11.1. The summed E-state index contributed by atoms with van der Waals surface area (Å²) in [4.78, 5) is 12.6. The molecule has 1 amide bonds. The quantitative estimate of drug-likeness (QED) is 0.567. The highest BCUT2D eigenvalue weighted by Crippen LogP contribution is 2.25. The molecule has 0 bridgehead atoms. The monoisotopic (exact) mass is 434 g/mol. The van der Waals surface area contributed by atoms with Gasteiger partial charge in [0.1, 0.15) is 0 Å². The topological polar surface area (TPSA) is 75.3 Å². The molecule has 3 aromatic rings. The Morgan fingerprint density at radius 2 is 1.61 bits per heavy atom. The number of hydrogen-bond donors (Lipinski definition) is 2. The number of aryl methyl sites for hydroxylation is 1. The molecule has 3 aromatic carbocycles. The molecule has 0 aliphatic heterocycles. The van der Waals surface area contributed by atoms with Crippen LogP contribution in [0, 0.1) is 6.92 Å². The third-order valence-corrected chi connectivity index (χ3v) is 5.82. The van der Waals surface area contributed by atoms with Crippen LogP contribution in [0.15, 0.2) is 71.6 Å². The van der Waals surface area contributed by atoms with E-state index in [2.05, 4.69) is 10.0 Å². The second-order valence-corrected chi connectivity index (χ2v) is 8.60. The number of carbonyl (C=O) groups excluding carboxylic acids is 1. The molecule has 0 saturated carbocycles. The molecule has 2 N–H and O–H groups in total. The van der Waals surface area contributed by atoms with Crippen molar-refractivity contribution in [2.24, 2.45) is 0 Å².